The Hall–Kier alpha value is -3.67. The number of carbonyl (C=O) groups is 2. The zero-order valence-corrected chi connectivity index (χ0v) is 17.2. The molecular weight excluding hydrogens is 392 g/mol. The van der Waals surface area contributed by atoms with E-state index in [1.807, 2.05) is 60.7 Å². The number of aromatic nitrogens is 1. The molecule has 1 N–H and O–H groups in total. The number of amides is 1. The molecule has 6 nitrogen and oxygen atoms in total. The van der Waals surface area contributed by atoms with E-state index >= 15 is 0 Å². The number of fused-ring (bicyclic) bond motifs is 1. The summed E-state index contributed by atoms with van der Waals surface area (Å²) < 4.78 is 10.9. The van der Waals surface area contributed by atoms with Crippen LogP contribution in [-0.4, -0.2) is 23.5 Å². The molecule has 1 aliphatic carbocycles. The summed E-state index contributed by atoms with van der Waals surface area (Å²) in [7, 11) is 0. The van der Waals surface area contributed by atoms with Gasteiger partial charge in [-0.05, 0) is 54.8 Å². The van der Waals surface area contributed by atoms with Crippen molar-refractivity contribution in [3.05, 3.63) is 71.9 Å². The van der Waals surface area contributed by atoms with Gasteiger partial charge in [-0.1, -0.05) is 24.3 Å². The third-order valence-electron chi connectivity index (χ3n) is 5.84. The third-order valence-corrected chi connectivity index (χ3v) is 5.84. The maximum atomic E-state index is 13.3. The van der Waals surface area contributed by atoms with E-state index in [0.717, 1.165) is 41.1 Å². The number of anilines is 1. The lowest BCUT2D eigenvalue weighted by Gasteiger charge is -2.15. The molecule has 0 atom stereocenters. The number of nitrogens with zero attached hydrogens (tertiary/aromatic N) is 1. The fourth-order valence-electron chi connectivity index (χ4n) is 4.08. The average molecular weight is 416 g/mol. The summed E-state index contributed by atoms with van der Waals surface area (Å²) in [6, 6.07) is 19.0. The average Bonchev–Trinajstić information content (AvgIpc) is 3.45. The second-order valence-electron chi connectivity index (χ2n) is 8.03. The van der Waals surface area contributed by atoms with Gasteiger partial charge < -0.3 is 14.8 Å². The summed E-state index contributed by atoms with van der Waals surface area (Å²) in [5.41, 5.74) is 3.64. The van der Waals surface area contributed by atoms with E-state index in [9.17, 15) is 9.59 Å². The number of carbonyl (C=O) groups excluding carboxylic acids is 2. The first-order chi connectivity index (χ1) is 15.0. The van der Waals surface area contributed by atoms with Crippen LogP contribution in [0.5, 0.6) is 11.5 Å². The lowest BCUT2D eigenvalue weighted by Crippen LogP contribution is -2.23. The molecule has 158 valence electrons. The van der Waals surface area contributed by atoms with Crippen molar-refractivity contribution in [3.8, 4) is 22.8 Å². The van der Waals surface area contributed by atoms with Crippen LogP contribution in [0, 0.1) is 0 Å². The molecule has 2 aromatic carbocycles. The van der Waals surface area contributed by atoms with Gasteiger partial charge in [0.25, 0.3) is 0 Å². The van der Waals surface area contributed by atoms with Crippen molar-refractivity contribution in [2.75, 3.05) is 12.1 Å². The highest BCUT2D eigenvalue weighted by molar-refractivity contribution is 5.94. The summed E-state index contributed by atoms with van der Waals surface area (Å²) in [6.07, 6.45) is 1.95. The molecule has 1 aliphatic heterocycles. The fraction of sp³-hybridized carbons (Fsp3) is 0.240. The molecule has 0 bridgehead atoms. The van der Waals surface area contributed by atoms with Gasteiger partial charge in [0.2, 0.25) is 12.7 Å². The van der Waals surface area contributed by atoms with Gasteiger partial charge in [-0.3, -0.25) is 14.6 Å². The van der Waals surface area contributed by atoms with E-state index in [0.29, 0.717) is 11.4 Å². The minimum absolute atomic E-state index is 0. The predicted octanol–water partition coefficient (Wildman–Crippen LogP) is 4.53. The highest BCUT2D eigenvalue weighted by atomic mass is 16.7. The maximum Gasteiger partial charge on any atom is 0.231 e. The number of ketones is 1. The zero-order valence-electron chi connectivity index (χ0n) is 17.2. The van der Waals surface area contributed by atoms with E-state index in [-0.39, 0.29) is 26.3 Å². The van der Waals surface area contributed by atoms with Gasteiger partial charge in [0.05, 0.1) is 11.1 Å². The first-order valence-corrected chi connectivity index (χ1v) is 10.3. The van der Waals surface area contributed by atoms with Crippen LogP contribution in [0.3, 0.4) is 0 Å². The molecule has 6 heteroatoms. The Morgan fingerprint density at radius 3 is 2.65 bits per heavy atom. The number of hydrogen-bond acceptors (Lipinski definition) is 5. The largest absolute Gasteiger partial charge is 0.454 e. The van der Waals surface area contributed by atoms with E-state index < -0.39 is 5.41 Å². The molecule has 2 aliphatic rings. The van der Waals surface area contributed by atoms with Crippen molar-refractivity contribution in [2.24, 2.45) is 0 Å². The Labute approximate surface area is 181 Å². The van der Waals surface area contributed by atoms with Crippen LogP contribution in [0.1, 0.15) is 32.4 Å². The second kappa shape index (κ2) is 7.54. The summed E-state index contributed by atoms with van der Waals surface area (Å²) in [4.78, 5) is 29.3. The second-order valence-corrected chi connectivity index (χ2v) is 8.03. The van der Waals surface area contributed by atoms with Gasteiger partial charge in [-0.25, -0.2) is 0 Å². The predicted molar refractivity (Wildman–Crippen MR) is 118 cm³/mol. The Morgan fingerprint density at radius 1 is 1.03 bits per heavy atom. The quantitative estimate of drug-likeness (QED) is 0.639. The van der Waals surface area contributed by atoms with Crippen molar-refractivity contribution < 1.29 is 20.5 Å². The van der Waals surface area contributed by atoms with Crippen molar-refractivity contribution in [2.45, 2.75) is 31.6 Å². The van der Waals surface area contributed by atoms with Crippen LogP contribution in [0.15, 0.2) is 60.7 Å². The maximum absolute atomic E-state index is 13.3. The molecule has 2 heterocycles. The summed E-state index contributed by atoms with van der Waals surface area (Å²) in [5.74, 6) is 1.48. The Morgan fingerprint density at radius 2 is 1.84 bits per heavy atom. The van der Waals surface area contributed by atoms with Gasteiger partial charge in [0.15, 0.2) is 11.5 Å². The molecule has 0 unspecified atom stereocenters. The van der Waals surface area contributed by atoms with Crippen molar-refractivity contribution in [1.82, 2.24) is 4.98 Å². The van der Waals surface area contributed by atoms with Crippen LogP contribution < -0.4 is 14.8 Å². The molecule has 0 radical (unpaired) electrons. The first kappa shape index (κ1) is 19.3. The number of Topliss-reactive ketones (excluding diaryl/α,β-unsaturated/α-hetero) is 1. The first-order valence-electron chi connectivity index (χ1n) is 10.3. The van der Waals surface area contributed by atoms with Gasteiger partial charge >= 0.3 is 0 Å². The van der Waals surface area contributed by atoms with Crippen LogP contribution in [0.4, 0.5) is 5.69 Å². The number of nitrogens with one attached hydrogen (secondary N) is 1. The molecule has 0 saturated heterocycles. The van der Waals surface area contributed by atoms with Crippen molar-refractivity contribution >= 4 is 17.4 Å². The highest BCUT2D eigenvalue weighted by Crippen LogP contribution is 2.51. The zero-order chi connectivity index (χ0) is 21.4. The smallest absolute Gasteiger partial charge is 0.231 e. The monoisotopic (exact) mass is 416 g/mol. The van der Waals surface area contributed by atoms with Gasteiger partial charge in [-0.15, -0.1) is 0 Å². The summed E-state index contributed by atoms with van der Waals surface area (Å²) in [5, 5.41) is 2.79. The van der Waals surface area contributed by atoms with E-state index in [4.69, 9.17) is 14.5 Å². The molecule has 3 aromatic rings. The number of hydrogen-bond donors (Lipinski definition) is 1. The lowest BCUT2D eigenvalue weighted by molar-refractivity contribution is -0.121. The van der Waals surface area contributed by atoms with Crippen LogP contribution >= 0.6 is 0 Å². The number of benzene rings is 2. The molecule has 1 saturated carbocycles. The van der Waals surface area contributed by atoms with Crippen molar-refractivity contribution in [1.29, 1.82) is 0 Å². The number of ether oxygens (including phenoxy) is 2. The lowest BCUT2D eigenvalue weighted by atomic mass is 9.88. The summed E-state index contributed by atoms with van der Waals surface area (Å²) >= 11 is 0. The minimum atomic E-state index is -0.454. The Kier molecular flexibility index (Phi) is 4.70. The molecule has 5 rings (SSSR count). The van der Waals surface area contributed by atoms with Gasteiger partial charge in [-0.2, -0.15) is 0 Å². The van der Waals surface area contributed by atoms with Gasteiger partial charge in [0, 0.05) is 31.7 Å². The number of rotatable bonds is 6. The highest BCUT2D eigenvalue weighted by Gasteiger charge is 2.50. The Balaban J connectivity index is 0.00000245. The van der Waals surface area contributed by atoms with E-state index in [2.05, 4.69) is 5.32 Å². The Bertz CT molecular complexity index is 1190. The number of pyridine rings is 1. The minimum Gasteiger partial charge on any atom is -0.454 e. The van der Waals surface area contributed by atoms with E-state index in [1.54, 1.807) is 0 Å². The molecule has 1 aromatic heterocycles. The normalized spacial score (nSPS) is 15.4. The van der Waals surface area contributed by atoms with Crippen LogP contribution in [-0.2, 0) is 21.4 Å². The third kappa shape index (κ3) is 3.77. The molecule has 31 heavy (non-hydrogen) atoms. The van der Waals surface area contributed by atoms with Crippen molar-refractivity contribution in [3.63, 3.8) is 0 Å². The molecule has 1 amide bonds. The molecular formula is C25H24N2O4. The molecule has 1 fully saturated rings. The van der Waals surface area contributed by atoms with Crippen LogP contribution in [0.25, 0.3) is 11.3 Å². The summed E-state index contributed by atoms with van der Waals surface area (Å²) in [6.45, 7) is 1.70. The van der Waals surface area contributed by atoms with E-state index in [1.165, 1.54) is 6.92 Å². The fourth-order valence-corrected chi connectivity index (χ4v) is 4.08. The van der Waals surface area contributed by atoms with Gasteiger partial charge in [0.1, 0.15) is 5.78 Å². The standard InChI is InChI=1S/C25H22N2O4.H2/c1-16(28)26-19-5-2-4-17(12-19)21-7-3-6-20(27-21)14-24(29)25(10-11-25)18-8-9-22-23(13-18)31-15-30-22;/h2-9,12-13H,10-11,14-15H2,1H3,(H,26,28);1H. The SMILES string of the molecule is CC(=O)Nc1cccc(-c2cccc(CC(=O)C3(c4ccc5c(c4)OCO5)CC3)n2)c1.[HH]. The van der Waals surface area contributed by atoms with Crippen LogP contribution in [0.2, 0.25) is 0 Å². The topological polar surface area (TPSA) is 77.5 Å². The molecule has 0 spiro atoms.